The monoisotopic (exact) mass is 259 g/mol. The summed E-state index contributed by atoms with van der Waals surface area (Å²) in [4.78, 5) is 30.6. The molecule has 0 aliphatic carbocycles. The van der Waals surface area contributed by atoms with Crippen LogP contribution in [0.1, 0.15) is 35.0 Å². The first-order valence-corrected chi connectivity index (χ1v) is 6.32. The topological polar surface area (TPSA) is 74.8 Å². The van der Waals surface area contributed by atoms with E-state index in [9.17, 15) is 9.59 Å². The van der Waals surface area contributed by atoms with Crippen LogP contribution in [0, 0.1) is 13.8 Å². The van der Waals surface area contributed by atoms with E-state index in [4.69, 9.17) is 0 Å². The molecule has 0 saturated carbocycles. The molecule has 5 nitrogen and oxygen atoms in total. The van der Waals surface area contributed by atoms with Gasteiger partial charge in [0.1, 0.15) is 0 Å². The van der Waals surface area contributed by atoms with E-state index in [-0.39, 0.29) is 5.69 Å². The molecule has 0 unspecified atom stereocenters. The van der Waals surface area contributed by atoms with Gasteiger partial charge in [0.05, 0.1) is 11.0 Å². The van der Waals surface area contributed by atoms with E-state index in [2.05, 4.69) is 15.3 Å². The largest absolute Gasteiger partial charge is 0.351 e. The normalized spacial score (nSPS) is 10.7. The third kappa shape index (κ3) is 2.65. The number of amides is 1. The van der Waals surface area contributed by atoms with Crippen molar-refractivity contribution in [3.8, 4) is 0 Å². The summed E-state index contributed by atoms with van der Waals surface area (Å²) >= 11 is 0. The SMILES string of the molecule is CCCNC(=O)c1nc2cc(C)c(C)cc2[nH]c1=O. The van der Waals surface area contributed by atoms with Crippen molar-refractivity contribution in [3.63, 3.8) is 0 Å². The molecule has 2 aromatic rings. The molecule has 1 aromatic heterocycles. The minimum Gasteiger partial charge on any atom is -0.351 e. The van der Waals surface area contributed by atoms with Crippen LogP contribution in [0.25, 0.3) is 11.0 Å². The summed E-state index contributed by atoms with van der Waals surface area (Å²) in [6.45, 7) is 6.42. The highest BCUT2D eigenvalue weighted by molar-refractivity contribution is 5.93. The Labute approximate surface area is 111 Å². The van der Waals surface area contributed by atoms with Gasteiger partial charge in [-0.2, -0.15) is 0 Å². The van der Waals surface area contributed by atoms with E-state index < -0.39 is 11.5 Å². The van der Waals surface area contributed by atoms with Gasteiger partial charge in [0, 0.05) is 6.54 Å². The van der Waals surface area contributed by atoms with Crippen molar-refractivity contribution in [1.29, 1.82) is 0 Å². The molecular weight excluding hydrogens is 242 g/mol. The van der Waals surface area contributed by atoms with Gasteiger partial charge in [-0.3, -0.25) is 9.59 Å². The van der Waals surface area contributed by atoms with Crippen LogP contribution < -0.4 is 10.9 Å². The summed E-state index contributed by atoms with van der Waals surface area (Å²) in [5, 5.41) is 2.66. The Morgan fingerprint density at radius 3 is 2.68 bits per heavy atom. The summed E-state index contributed by atoms with van der Waals surface area (Å²) < 4.78 is 0. The first-order chi connectivity index (χ1) is 9.02. The quantitative estimate of drug-likeness (QED) is 0.880. The van der Waals surface area contributed by atoms with Gasteiger partial charge in [0.15, 0.2) is 5.69 Å². The number of H-pyrrole nitrogens is 1. The van der Waals surface area contributed by atoms with Crippen molar-refractivity contribution in [2.45, 2.75) is 27.2 Å². The minimum absolute atomic E-state index is 0.0794. The molecule has 0 radical (unpaired) electrons. The Balaban J connectivity index is 2.52. The van der Waals surface area contributed by atoms with Crippen molar-refractivity contribution in [3.05, 3.63) is 39.3 Å². The molecule has 1 heterocycles. The number of carbonyl (C=O) groups excluding carboxylic acids is 1. The fourth-order valence-electron chi connectivity index (χ4n) is 1.82. The van der Waals surface area contributed by atoms with Crippen LogP contribution in [-0.2, 0) is 0 Å². The molecule has 0 atom stereocenters. The van der Waals surface area contributed by atoms with Crippen LogP contribution in [0.3, 0.4) is 0 Å². The number of aromatic amines is 1. The lowest BCUT2D eigenvalue weighted by atomic mass is 10.1. The number of nitrogens with one attached hydrogen (secondary N) is 2. The number of benzene rings is 1. The lowest BCUT2D eigenvalue weighted by molar-refractivity contribution is 0.0947. The summed E-state index contributed by atoms with van der Waals surface area (Å²) in [6.07, 6.45) is 0.815. The van der Waals surface area contributed by atoms with Crippen molar-refractivity contribution < 1.29 is 4.79 Å². The molecule has 19 heavy (non-hydrogen) atoms. The Morgan fingerprint density at radius 2 is 2.00 bits per heavy atom. The molecule has 0 fully saturated rings. The highest BCUT2D eigenvalue weighted by atomic mass is 16.2. The van der Waals surface area contributed by atoms with E-state index in [0.29, 0.717) is 17.6 Å². The van der Waals surface area contributed by atoms with E-state index in [0.717, 1.165) is 17.5 Å². The van der Waals surface area contributed by atoms with Crippen LogP contribution in [-0.4, -0.2) is 22.4 Å². The maximum absolute atomic E-state index is 11.9. The molecule has 2 N–H and O–H groups in total. The van der Waals surface area contributed by atoms with E-state index in [1.54, 1.807) is 0 Å². The molecular formula is C14H17N3O2. The number of hydrogen-bond donors (Lipinski definition) is 2. The van der Waals surface area contributed by atoms with Crippen LogP contribution in [0.2, 0.25) is 0 Å². The molecule has 5 heteroatoms. The van der Waals surface area contributed by atoms with Crippen molar-refractivity contribution in [2.75, 3.05) is 6.54 Å². The lowest BCUT2D eigenvalue weighted by Crippen LogP contribution is -2.31. The first-order valence-electron chi connectivity index (χ1n) is 6.32. The zero-order valence-corrected chi connectivity index (χ0v) is 11.3. The maximum atomic E-state index is 11.9. The Bertz CT molecular complexity index is 689. The second-order valence-corrected chi connectivity index (χ2v) is 4.62. The standard InChI is InChI=1S/C14H17N3O2/c1-4-5-15-13(18)12-14(19)17-11-7-9(3)8(2)6-10(11)16-12/h6-7H,4-5H2,1-3H3,(H,15,18)(H,17,19). The lowest BCUT2D eigenvalue weighted by Gasteiger charge is -2.06. The molecule has 1 aromatic carbocycles. The zero-order chi connectivity index (χ0) is 14.0. The Morgan fingerprint density at radius 1 is 1.32 bits per heavy atom. The molecule has 0 spiro atoms. The maximum Gasteiger partial charge on any atom is 0.280 e. The predicted molar refractivity (Wildman–Crippen MR) is 74.5 cm³/mol. The van der Waals surface area contributed by atoms with Crippen LogP contribution in [0.4, 0.5) is 0 Å². The molecule has 2 rings (SSSR count). The van der Waals surface area contributed by atoms with Gasteiger partial charge >= 0.3 is 0 Å². The summed E-state index contributed by atoms with van der Waals surface area (Å²) in [6, 6.07) is 3.74. The van der Waals surface area contributed by atoms with Crippen LogP contribution in [0.15, 0.2) is 16.9 Å². The third-order valence-electron chi connectivity index (χ3n) is 3.06. The fraction of sp³-hybridized carbons (Fsp3) is 0.357. The number of carbonyl (C=O) groups is 1. The minimum atomic E-state index is -0.454. The highest BCUT2D eigenvalue weighted by Crippen LogP contribution is 2.14. The second-order valence-electron chi connectivity index (χ2n) is 4.62. The summed E-state index contributed by atoms with van der Waals surface area (Å²) in [5.41, 5.74) is 2.90. The predicted octanol–water partition coefficient (Wildman–Crippen LogP) is 1.68. The molecule has 1 amide bonds. The zero-order valence-electron chi connectivity index (χ0n) is 11.3. The number of aryl methyl sites for hydroxylation is 2. The van der Waals surface area contributed by atoms with Crippen molar-refractivity contribution >= 4 is 16.9 Å². The Kier molecular flexibility index (Phi) is 3.64. The van der Waals surface area contributed by atoms with Gasteiger partial charge in [-0.15, -0.1) is 0 Å². The van der Waals surface area contributed by atoms with Gasteiger partial charge in [-0.25, -0.2) is 4.98 Å². The average Bonchev–Trinajstić information content (AvgIpc) is 2.37. The van der Waals surface area contributed by atoms with Gasteiger partial charge in [-0.1, -0.05) is 6.92 Å². The number of aromatic nitrogens is 2. The molecule has 0 aliphatic heterocycles. The molecule has 0 aliphatic rings. The van der Waals surface area contributed by atoms with Crippen LogP contribution in [0.5, 0.6) is 0 Å². The molecule has 0 saturated heterocycles. The first kappa shape index (κ1) is 13.3. The fourth-order valence-corrected chi connectivity index (χ4v) is 1.82. The molecule has 0 bridgehead atoms. The Hall–Kier alpha value is -2.17. The summed E-state index contributed by atoms with van der Waals surface area (Å²) in [7, 11) is 0. The smallest absolute Gasteiger partial charge is 0.280 e. The van der Waals surface area contributed by atoms with Gasteiger partial charge in [-0.05, 0) is 43.5 Å². The average molecular weight is 259 g/mol. The van der Waals surface area contributed by atoms with Gasteiger partial charge in [0.2, 0.25) is 0 Å². The number of rotatable bonds is 3. The third-order valence-corrected chi connectivity index (χ3v) is 3.06. The van der Waals surface area contributed by atoms with Crippen molar-refractivity contribution in [1.82, 2.24) is 15.3 Å². The summed E-state index contributed by atoms with van der Waals surface area (Å²) in [5.74, 6) is -0.428. The number of hydrogen-bond acceptors (Lipinski definition) is 3. The number of nitrogens with zero attached hydrogens (tertiary/aromatic N) is 1. The van der Waals surface area contributed by atoms with E-state index in [1.807, 2.05) is 32.9 Å². The second kappa shape index (κ2) is 5.22. The van der Waals surface area contributed by atoms with Crippen LogP contribution >= 0.6 is 0 Å². The van der Waals surface area contributed by atoms with Crippen molar-refractivity contribution in [2.24, 2.45) is 0 Å². The van der Waals surface area contributed by atoms with Gasteiger partial charge in [0.25, 0.3) is 11.5 Å². The number of fused-ring (bicyclic) bond motifs is 1. The van der Waals surface area contributed by atoms with E-state index in [1.165, 1.54) is 0 Å². The van der Waals surface area contributed by atoms with E-state index >= 15 is 0 Å². The molecule has 100 valence electrons. The highest BCUT2D eigenvalue weighted by Gasteiger charge is 2.13. The van der Waals surface area contributed by atoms with Gasteiger partial charge < -0.3 is 10.3 Å².